The van der Waals surface area contributed by atoms with E-state index in [-0.39, 0.29) is 0 Å². The molecular formula is C19H20ClNO4. The third-order valence-electron chi connectivity index (χ3n) is 3.37. The van der Waals surface area contributed by atoms with Gasteiger partial charge in [-0.3, -0.25) is 4.79 Å². The van der Waals surface area contributed by atoms with Gasteiger partial charge in [-0.05, 0) is 57.2 Å². The molecule has 132 valence electrons. The fraction of sp³-hybridized carbons (Fsp3) is 0.263. The van der Waals surface area contributed by atoms with Gasteiger partial charge in [-0.2, -0.15) is 0 Å². The van der Waals surface area contributed by atoms with E-state index in [2.05, 4.69) is 5.32 Å². The molecule has 6 heteroatoms. The first-order valence-corrected chi connectivity index (χ1v) is 8.17. The zero-order valence-electron chi connectivity index (χ0n) is 14.3. The molecule has 5 nitrogen and oxygen atoms in total. The second kappa shape index (κ2) is 8.03. The van der Waals surface area contributed by atoms with E-state index >= 15 is 0 Å². The van der Waals surface area contributed by atoms with Crippen LogP contribution in [0.2, 0.25) is 5.02 Å². The average molecular weight is 362 g/mol. The summed E-state index contributed by atoms with van der Waals surface area (Å²) in [4.78, 5) is 24.5. The van der Waals surface area contributed by atoms with Crippen LogP contribution in [0.15, 0.2) is 54.6 Å². The summed E-state index contributed by atoms with van der Waals surface area (Å²) >= 11 is 5.82. The second-order valence-electron chi connectivity index (χ2n) is 5.97. The third-order valence-corrected chi connectivity index (χ3v) is 3.62. The lowest BCUT2D eigenvalue weighted by molar-refractivity contribution is -0.166. The maximum atomic E-state index is 12.4. The van der Waals surface area contributed by atoms with Crippen LogP contribution >= 0.6 is 11.6 Å². The number of esters is 1. The molecule has 2 rings (SSSR count). The van der Waals surface area contributed by atoms with Crippen LogP contribution in [0, 0.1) is 0 Å². The van der Waals surface area contributed by atoms with Crippen LogP contribution in [0.4, 0.5) is 5.69 Å². The number of halogens is 1. The number of ether oxygens (including phenoxy) is 2. The highest BCUT2D eigenvalue weighted by atomic mass is 35.5. The summed E-state index contributed by atoms with van der Waals surface area (Å²) in [5.74, 6) is -0.576. The molecule has 0 radical (unpaired) electrons. The number of carbonyl (C=O) groups is 2. The smallest absolute Gasteiger partial charge is 0.350 e. The molecule has 0 saturated carbocycles. The molecule has 0 saturated heterocycles. The Balaban J connectivity index is 1.94. The van der Waals surface area contributed by atoms with Gasteiger partial charge in [0.1, 0.15) is 5.75 Å². The van der Waals surface area contributed by atoms with E-state index in [1.54, 1.807) is 62.4 Å². The number of anilines is 1. The lowest BCUT2D eigenvalue weighted by Gasteiger charge is -2.26. The number of benzene rings is 2. The van der Waals surface area contributed by atoms with Crippen molar-refractivity contribution in [3.63, 3.8) is 0 Å². The summed E-state index contributed by atoms with van der Waals surface area (Å²) in [7, 11) is 0. The lowest BCUT2D eigenvalue weighted by Crippen LogP contribution is -2.43. The Morgan fingerprint density at radius 3 is 2.24 bits per heavy atom. The molecule has 0 fully saturated rings. The van der Waals surface area contributed by atoms with Gasteiger partial charge in [0.2, 0.25) is 0 Å². The number of para-hydroxylation sites is 1. The molecule has 0 aromatic heterocycles. The highest BCUT2D eigenvalue weighted by Crippen LogP contribution is 2.22. The molecule has 2 aromatic carbocycles. The number of amides is 1. The first kappa shape index (κ1) is 18.8. The molecule has 1 unspecified atom stereocenters. The van der Waals surface area contributed by atoms with Crippen molar-refractivity contribution >= 4 is 29.2 Å². The molecule has 0 aliphatic heterocycles. The predicted molar refractivity (Wildman–Crippen MR) is 96.8 cm³/mol. The van der Waals surface area contributed by atoms with Crippen molar-refractivity contribution in [1.82, 2.24) is 0 Å². The van der Waals surface area contributed by atoms with Crippen LogP contribution in [0.3, 0.4) is 0 Å². The molecule has 1 atom stereocenters. The summed E-state index contributed by atoms with van der Waals surface area (Å²) in [6, 6.07) is 15.6. The van der Waals surface area contributed by atoms with E-state index < -0.39 is 23.6 Å². The van der Waals surface area contributed by atoms with Gasteiger partial charge in [-0.15, -0.1) is 0 Å². The SMILES string of the molecule is CC(OC(=O)C(C)(C)Oc1ccc(Cl)cc1)C(=O)Nc1ccccc1. The molecule has 25 heavy (non-hydrogen) atoms. The molecule has 0 spiro atoms. The highest BCUT2D eigenvalue weighted by Gasteiger charge is 2.34. The number of nitrogens with one attached hydrogen (secondary N) is 1. The molecule has 1 N–H and O–H groups in total. The quantitative estimate of drug-likeness (QED) is 0.788. The summed E-state index contributed by atoms with van der Waals surface area (Å²) < 4.78 is 10.9. The first-order valence-electron chi connectivity index (χ1n) is 7.79. The van der Waals surface area contributed by atoms with Gasteiger partial charge in [-0.25, -0.2) is 4.79 Å². The third kappa shape index (κ3) is 5.50. The molecule has 0 bridgehead atoms. The standard InChI is InChI=1S/C19H20ClNO4/c1-13(17(22)21-15-7-5-4-6-8-15)24-18(23)19(2,3)25-16-11-9-14(20)10-12-16/h4-13H,1-3H3,(H,21,22). The Hall–Kier alpha value is -2.53. The number of carbonyl (C=O) groups excluding carboxylic acids is 2. The van der Waals surface area contributed by atoms with Crippen molar-refractivity contribution in [3.05, 3.63) is 59.6 Å². The van der Waals surface area contributed by atoms with E-state index in [1.165, 1.54) is 6.92 Å². The van der Waals surface area contributed by atoms with Gasteiger partial charge in [0, 0.05) is 10.7 Å². The average Bonchev–Trinajstić information content (AvgIpc) is 2.57. The van der Waals surface area contributed by atoms with Crippen molar-refractivity contribution in [2.24, 2.45) is 0 Å². The second-order valence-corrected chi connectivity index (χ2v) is 6.41. The van der Waals surface area contributed by atoms with Crippen LogP contribution in [-0.2, 0) is 14.3 Å². The Morgan fingerprint density at radius 2 is 1.64 bits per heavy atom. The van der Waals surface area contributed by atoms with Crippen molar-refractivity contribution in [3.8, 4) is 5.75 Å². The Labute approximate surface area is 151 Å². The topological polar surface area (TPSA) is 64.6 Å². The van der Waals surface area contributed by atoms with Gasteiger partial charge >= 0.3 is 5.97 Å². The first-order chi connectivity index (χ1) is 11.8. The fourth-order valence-electron chi connectivity index (χ4n) is 1.96. The normalized spacial score (nSPS) is 12.2. The van der Waals surface area contributed by atoms with Crippen LogP contribution in [0.25, 0.3) is 0 Å². The largest absolute Gasteiger partial charge is 0.476 e. The van der Waals surface area contributed by atoms with Crippen LogP contribution in [0.5, 0.6) is 5.75 Å². The van der Waals surface area contributed by atoms with Crippen molar-refractivity contribution in [2.45, 2.75) is 32.5 Å². The fourth-order valence-corrected chi connectivity index (χ4v) is 2.09. The van der Waals surface area contributed by atoms with Gasteiger partial charge in [0.15, 0.2) is 11.7 Å². The molecule has 1 amide bonds. The van der Waals surface area contributed by atoms with Crippen molar-refractivity contribution in [1.29, 1.82) is 0 Å². The van der Waals surface area contributed by atoms with Crippen LogP contribution < -0.4 is 10.1 Å². The Bertz CT molecular complexity index is 729. The zero-order chi connectivity index (χ0) is 18.4. The van der Waals surface area contributed by atoms with Gasteiger partial charge in [-0.1, -0.05) is 29.8 Å². The molecular weight excluding hydrogens is 342 g/mol. The summed E-state index contributed by atoms with van der Waals surface area (Å²) in [6.07, 6.45) is -0.958. The van der Waals surface area contributed by atoms with E-state index in [1.807, 2.05) is 6.07 Å². The van der Waals surface area contributed by atoms with Gasteiger partial charge < -0.3 is 14.8 Å². The van der Waals surface area contributed by atoms with Crippen molar-refractivity contribution in [2.75, 3.05) is 5.32 Å². The number of hydrogen-bond acceptors (Lipinski definition) is 4. The minimum atomic E-state index is -1.25. The minimum Gasteiger partial charge on any atom is -0.476 e. The van der Waals surface area contributed by atoms with Gasteiger partial charge in [0.05, 0.1) is 0 Å². The molecule has 0 aliphatic rings. The van der Waals surface area contributed by atoms with Crippen LogP contribution in [-0.4, -0.2) is 23.6 Å². The highest BCUT2D eigenvalue weighted by molar-refractivity contribution is 6.30. The Kier molecular flexibility index (Phi) is 6.04. The molecule has 2 aromatic rings. The van der Waals surface area contributed by atoms with Crippen molar-refractivity contribution < 1.29 is 19.1 Å². The lowest BCUT2D eigenvalue weighted by atomic mass is 10.1. The van der Waals surface area contributed by atoms with E-state index in [0.717, 1.165) is 0 Å². The summed E-state index contributed by atoms with van der Waals surface area (Å²) in [6.45, 7) is 4.66. The monoisotopic (exact) mass is 361 g/mol. The maximum Gasteiger partial charge on any atom is 0.350 e. The summed E-state index contributed by atoms with van der Waals surface area (Å²) in [5, 5.41) is 3.25. The van der Waals surface area contributed by atoms with E-state index in [0.29, 0.717) is 16.5 Å². The number of rotatable bonds is 6. The Morgan fingerprint density at radius 1 is 1.04 bits per heavy atom. The number of hydrogen-bond donors (Lipinski definition) is 1. The minimum absolute atomic E-state index is 0.415. The maximum absolute atomic E-state index is 12.4. The summed E-state index contributed by atoms with van der Waals surface area (Å²) in [5.41, 5.74) is -0.623. The molecule has 0 heterocycles. The zero-order valence-corrected chi connectivity index (χ0v) is 15.0. The predicted octanol–water partition coefficient (Wildman–Crippen LogP) is 4.07. The van der Waals surface area contributed by atoms with Gasteiger partial charge in [0.25, 0.3) is 5.91 Å². The van der Waals surface area contributed by atoms with E-state index in [9.17, 15) is 9.59 Å². The van der Waals surface area contributed by atoms with Crippen LogP contribution in [0.1, 0.15) is 20.8 Å². The molecule has 0 aliphatic carbocycles. The van der Waals surface area contributed by atoms with E-state index in [4.69, 9.17) is 21.1 Å².